The number of benzene rings is 2. The minimum Gasteiger partial charge on any atom is -0.378 e. The molecule has 33 heavy (non-hydrogen) atoms. The minimum atomic E-state index is 0.0367. The maximum Gasteiger partial charge on any atom is 0.317 e. The van der Waals surface area contributed by atoms with E-state index >= 15 is 0 Å². The van der Waals surface area contributed by atoms with Gasteiger partial charge in [-0.05, 0) is 48.1 Å². The Balaban J connectivity index is 1.14. The van der Waals surface area contributed by atoms with Crippen LogP contribution in [0.15, 0.2) is 54.7 Å². The second-order valence-corrected chi connectivity index (χ2v) is 8.85. The van der Waals surface area contributed by atoms with Gasteiger partial charge >= 0.3 is 6.03 Å². The molecule has 0 aliphatic carbocycles. The van der Waals surface area contributed by atoms with Gasteiger partial charge < -0.3 is 19.9 Å². The summed E-state index contributed by atoms with van der Waals surface area (Å²) in [6, 6.07) is 16.9. The molecule has 2 fully saturated rings. The maximum absolute atomic E-state index is 12.2. The molecule has 1 N–H and O–H groups in total. The first-order chi connectivity index (χ1) is 16.3. The molecule has 7 heteroatoms. The van der Waals surface area contributed by atoms with Gasteiger partial charge in [0.05, 0.1) is 18.9 Å². The zero-order chi connectivity index (χ0) is 22.5. The average Bonchev–Trinajstić information content (AvgIpc) is 2.89. The number of carbonyl (C=O) groups excluding carboxylic acids is 1. The van der Waals surface area contributed by atoms with Gasteiger partial charge in [0.25, 0.3) is 0 Å². The van der Waals surface area contributed by atoms with Gasteiger partial charge in [-0.1, -0.05) is 36.4 Å². The van der Waals surface area contributed by atoms with E-state index in [2.05, 4.69) is 57.7 Å². The van der Waals surface area contributed by atoms with Gasteiger partial charge in [-0.3, -0.25) is 0 Å². The van der Waals surface area contributed by atoms with E-state index in [1.165, 1.54) is 10.8 Å². The predicted molar refractivity (Wildman–Crippen MR) is 130 cm³/mol. The van der Waals surface area contributed by atoms with Crippen molar-refractivity contribution in [2.45, 2.75) is 19.3 Å². The van der Waals surface area contributed by atoms with E-state index in [9.17, 15) is 4.79 Å². The van der Waals surface area contributed by atoms with Crippen molar-refractivity contribution in [3.8, 4) is 11.3 Å². The summed E-state index contributed by atoms with van der Waals surface area (Å²) in [5, 5.41) is 5.53. The van der Waals surface area contributed by atoms with Crippen LogP contribution in [-0.2, 0) is 4.74 Å². The van der Waals surface area contributed by atoms with Gasteiger partial charge in [0.1, 0.15) is 0 Å². The van der Waals surface area contributed by atoms with E-state index in [0.717, 1.165) is 56.1 Å². The molecule has 0 radical (unpaired) electrons. The highest BCUT2D eigenvalue weighted by Gasteiger charge is 2.22. The molecule has 0 unspecified atom stereocenters. The Hall–Kier alpha value is -3.19. The summed E-state index contributed by atoms with van der Waals surface area (Å²) in [4.78, 5) is 25.8. The molecule has 172 valence electrons. The summed E-state index contributed by atoms with van der Waals surface area (Å²) in [7, 11) is 0. The second kappa shape index (κ2) is 10.2. The maximum atomic E-state index is 12.2. The monoisotopic (exact) mass is 445 g/mol. The quantitative estimate of drug-likeness (QED) is 0.644. The summed E-state index contributed by atoms with van der Waals surface area (Å²) in [6.45, 7) is 5.26. The molecule has 2 aliphatic heterocycles. The van der Waals surface area contributed by atoms with Crippen LogP contribution in [0.4, 0.5) is 10.7 Å². The Kier molecular flexibility index (Phi) is 6.67. The zero-order valence-electron chi connectivity index (χ0n) is 18.9. The lowest BCUT2D eigenvalue weighted by Crippen LogP contribution is -2.46. The summed E-state index contributed by atoms with van der Waals surface area (Å²) in [6.07, 6.45) is 5.07. The van der Waals surface area contributed by atoms with Gasteiger partial charge in [0, 0.05) is 44.5 Å². The molecular formula is C26H31N5O2. The molecule has 2 aliphatic rings. The third kappa shape index (κ3) is 5.25. The Labute approximate surface area is 194 Å². The number of ether oxygens (including phenoxy) is 1. The van der Waals surface area contributed by atoms with E-state index < -0.39 is 0 Å². The molecule has 0 spiro atoms. The number of nitrogens with one attached hydrogen (secondary N) is 1. The lowest BCUT2D eigenvalue weighted by Gasteiger charge is -2.32. The fraction of sp³-hybridized carbons (Fsp3) is 0.423. The molecule has 3 aromatic rings. The van der Waals surface area contributed by atoms with Crippen molar-refractivity contribution in [1.29, 1.82) is 0 Å². The standard InChI is InChI=1S/C26H31N5O2/c32-26(31-15-17-33-18-16-31)28-11-7-20-9-13-30(14-10-20)25-27-12-8-24(29-25)23-6-5-21-3-1-2-4-22(21)19-23/h1-6,8,12,19-20H,7,9-11,13-18H2,(H,28,32). The summed E-state index contributed by atoms with van der Waals surface area (Å²) in [5.74, 6) is 1.43. The lowest BCUT2D eigenvalue weighted by molar-refractivity contribution is 0.0531. The first-order valence-corrected chi connectivity index (χ1v) is 11.9. The van der Waals surface area contributed by atoms with E-state index in [0.29, 0.717) is 32.2 Å². The Morgan fingerprint density at radius 3 is 2.61 bits per heavy atom. The molecular weight excluding hydrogens is 414 g/mol. The topological polar surface area (TPSA) is 70.6 Å². The normalized spacial score (nSPS) is 17.3. The van der Waals surface area contributed by atoms with Crippen LogP contribution in [-0.4, -0.2) is 66.8 Å². The minimum absolute atomic E-state index is 0.0367. The molecule has 0 atom stereocenters. The van der Waals surface area contributed by atoms with Gasteiger partial charge in [0.15, 0.2) is 0 Å². The molecule has 2 amide bonds. The van der Waals surface area contributed by atoms with Crippen LogP contribution in [0, 0.1) is 5.92 Å². The van der Waals surface area contributed by atoms with Crippen LogP contribution in [0.25, 0.3) is 22.0 Å². The van der Waals surface area contributed by atoms with E-state index in [1.54, 1.807) is 0 Å². The fourth-order valence-corrected chi connectivity index (χ4v) is 4.69. The second-order valence-electron chi connectivity index (χ2n) is 8.85. The van der Waals surface area contributed by atoms with Crippen molar-refractivity contribution in [1.82, 2.24) is 20.2 Å². The highest BCUT2D eigenvalue weighted by Crippen LogP contribution is 2.26. The molecule has 3 heterocycles. The number of carbonyl (C=O) groups is 1. The van der Waals surface area contributed by atoms with Crippen molar-refractivity contribution in [3.63, 3.8) is 0 Å². The van der Waals surface area contributed by atoms with Crippen molar-refractivity contribution in [2.24, 2.45) is 5.92 Å². The average molecular weight is 446 g/mol. The van der Waals surface area contributed by atoms with Crippen LogP contribution < -0.4 is 10.2 Å². The van der Waals surface area contributed by atoms with Crippen molar-refractivity contribution in [2.75, 3.05) is 50.8 Å². The third-order valence-corrected chi connectivity index (χ3v) is 6.71. The summed E-state index contributed by atoms with van der Waals surface area (Å²) >= 11 is 0. The fourth-order valence-electron chi connectivity index (χ4n) is 4.69. The lowest BCUT2D eigenvalue weighted by atomic mass is 9.94. The van der Waals surface area contributed by atoms with Crippen LogP contribution in [0.5, 0.6) is 0 Å². The van der Waals surface area contributed by atoms with E-state index in [1.807, 2.05) is 17.2 Å². The smallest absolute Gasteiger partial charge is 0.317 e. The summed E-state index contributed by atoms with van der Waals surface area (Å²) < 4.78 is 5.31. The highest BCUT2D eigenvalue weighted by molar-refractivity contribution is 5.86. The SMILES string of the molecule is O=C(NCCC1CCN(c2nccc(-c3ccc4ccccc4c3)n2)CC1)N1CCOCC1. The van der Waals surface area contributed by atoms with Crippen molar-refractivity contribution >= 4 is 22.8 Å². The number of piperidine rings is 1. The van der Waals surface area contributed by atoms with Gasteiger partial charge in [-0.2, -0.15) is 0 Å². The van der Waals surface area contributed by atoms with Gasteiger partial charge in [-0.15, -0.1) is 0 Å². The number of morpholine rings is 1. The number of anilines is 1. The number of aromatic nitrogens is 2. The molecule has 7 nitrogen and oxygen atoms in total. The van der Waals surface area contributed by atoms with E-state index in [4.69, 9.17) is 9.72 Å². The molecule has 0 saturated carbocycles. The molecule has 0 bridgehead atoms. The Bertz CT molecular complexity index is 1090. The zero-order valence-corrected chi connectivity index (χ0v) is 18.9. The van der Waals surface area contributed by atoms with Gasteiger partial charge in [0.2, 0.25) is 5.95 Å². The van der Waals surface area contributed by atoms with Crippen molar-refractivity contribution in [3.05, 3.63) is 54.7 Å². The molecule has 2 saturated heterocycles. The van der Waals surface area contributed by atoms with Crippen molar-refractivity contribution < 1.29 is 9.53 Å². The summed E-state index contributed by atoms with van der Waals surface area (Å²) in [5.41, 5.74) is 2.07. The molecule has 2 aromatic carbocycles. The van der Waals surface area contributed by atoms with Crippen LogP contribution >= 0.6 is 0 Å². The number of amides is 2. The van der Waals surface area contributed by atoms with Gasteiger partial charge in [-0.25, -0.2) is 14.8 Å². The van der Waals surface area contributed by atoms with Crippen LogP contribution in [0.1, 0.15) is 19.3 Å². The third-order valence-electron chi connectivity index (χ3n) is 6.71. The first-order valence-electron chi connectivity index (χ1n) is 11.9. The largest absolute Gasteiger partial charge is 0.378 e. The highest BCUT2D eigenvalue weighted by atomic mass is 16.5. The number of hydrogen-bond acceptors (Lipinski definition) is 5. The number of rotatable bonds is 5. The molecule has 1 aromatic heterocycles. The van der Waals surface area contributed by atoms with Crippen LogP contribution in [0.2, 0.25) is 0 Å². The number of nitrogens with zero attached hydrogens (tertiary/aromatic N) is 4. The number of fused-ring (bicyclic) bond motifs is 1. The molecule has 5 rings (SSSR count). The number of hydrogen-bond donors (Lipinski definition) is 1. The van der Waals surface area contributed by atoms with Crippen LogP contribution in [0.3, 0.4) is 0 Å². The Morgan fingerprint density at radius 1 is 1.00 bits per heavy atom. The number of urea groups is 1. The Morgan fingerprint density at radius 2 is 1.79 bits per heavy atom. The van der Waals surface area contributed by atoms with E-state index in [-0.39, 0.29) is 6.03 Å². The first kappa shape index (κ1) is 21.6. The predicted octanol–water partition coefficient (Wildman–Crippen LogP) is 3.95.